The predicted molar refractivity (Wildman–Crippen MR) is 134 cm³/mol. The Morgan fingerprint density at radius 3 is 2.43 bits per heavy atom. The number of ether oxygens (including phenoxy) is 1. The quantitative estimate of drug-likeness (QED) is 0.564. The van der Waals surface area contributed by atoms with Gasteiger partial charge in [0.15, 0.2) is 5.76 Å². The molecule has 2 atom stereocenters. The van der Waals surface area contributed by atoms with Crippen LogP contribution in [0.4, 0.5) is 5.69 Å². The van der Waals surface area contributed by atoms with Crippen molar-refractivity contribution in [1.29, 1.82) is 0 Å². The van der Waals surface area contributed by atoms with Crippen molar-refractivity contribution < 1.29 is 18.7 Å². The topological polar surface area (TPSA) is 66.2 Å². The minimum atomic E-state index is -0.314. The Hall–Kier alpha value is -3.74. The molecule has 3 heterocycles. The average molecular weight is 474 g/mol. The fourth-order valence-corrected chi connectivity index (χ4v) is 5.31. The van der Waals surface area contributed by atoms with Crippen LogP contribution in [0.3, 0.4) is 0 Å². The summed E-state index contributed by atoms with van der Waals surface area (Å²) in [4.78, 5) is 32.9. The number of hydrogen-bond donors (Lipinski definition) is 0. The van der Waals surface area contributed by atoms with Gasteiger partial charge in [0.05, 0.1) is 19.3 Å². The van der Waals surface area contributed by atoms with Gasteiger partial charge in [-0.2, -0.15) is 0 Å². The second kappa shape index (κ2) is 9.86. The van der Waals surface area contributed by atoms with Crippen LogP contribution in [0.2, 0.25) is 0 Å². The highest BCUT2D eigenvalue weighted by molar-refractivity contribution is 5.93. The Balaban J connectivity index is 1.35. The number of nitrogens with zero attached hydrogens (tertiary/aromatic N) is 3. The molecule has 0 spiro atoms. The lowest BCUT2D eigenvalue weighted by molar-refractivity contribution is -0.135. The third-order valence-corrected chi connectivity index (χ3v) is 7.23. The number of rotatable bonds is 5. The standard InChI is InChI=1S/C28H31N3O4/c1-20-7-3-4-10-25(20)29-12-14-30(15-13-29)27(32)24-19-31(28(33)26-11-6-16-35-26)18-23(24)21-8-5-9-22(17-21)34-2/h3-11,16-17,23-24H,12-15,18-19H2,1-2H3. The van der Waals surface area contributed by atoms with Gasteiger partial charge in [0.25, 0.3) is 5.91 Å². The molecule has 35 heavy (non-hydrogen) atoms. The number of aryl methyl sites for hydroxylation is 1. The van der Waals surface area contributed by atoms with Crippen molar-refractivity contribution >= 4 is 17.5 Å². The Bertz CT molecular complexity index is 1180. The largest absolute Gasteiger partial charge is 0.497 e. The molecule has 2 aliphatic heterocycles. The molecule has 7 heteroatoms. The van der Waals surface area contributed by atoms with E-state index in [2.05, 4.69) is 30.0 Å². The van der Waals surface area contributed by atoms with E-state index in [1.54, 1.807) is 24.1 Å². The smallest absolute Gasteiger partial charge is 0.289 e. The van der Waals surface area contributed by atoms with E-state index in [4.69, 9.17) is 9.15 Å². The van der Waals surface area contributed by atoms with Crippen LogP contribution in [-0.4, -0.2) is 68.0 Å². The van der Waals surface area contributed by atoms with Crippen molar-refractivity contribution in [3.63, 3.8) is 0 Å². The van der Waals surface area contributed by atoms with Crippen LogP contribution in [0, 0.1) is 12.8 Å². The summed E-state index contributed by atoms with van der Waals surface area (Å²) in [7, 11) is 1.64. The zero-order chi connectivity index (χ0) is 24.4. The lowest BCUT2D eigenvalue weighted by Gasteiger charge is -2.38. The predicted octanol–water partition coefficient (Wildman–Crippen LogP) is 3.80. The van der Waals surface area contributed by atoms with Gasteiger partial charge in [-0.3, -0.25) is 9.59 Å². The second-order valence-electron chi connectivity index (χ2n) is 9.28. The first-order valence-electron chi connectivity index (χ1n) is 12.1. The number of benzene rings is 2. The fourth-order valence-electron chi connectivity index (χ4n) is 5.31. The zero-order valence-electron chi connectivity index (χ0n) is 20.2. The van der Waals surface area contributed by atoms with Crippen LogP contribution >= 0.6 is 0 Å². The first-order valence-corrected chi connectivity index (χ1v) is 12.1. The maximum Gasteiger partial charge on any atom is 0.289 e. The number of methoxy groups -OCH3 is 1. The van der Waals surface area contributed by atoms with Crippen LogP contribution in [0.5, 0.6) is 5.75 Å². The van der Waals surface area contributed by atoms with Crippen LogP contribution in [-0.2, 0) is 4.79 Å². The molecule has 2 amide bonds. The van der Waals surface area contributed by atoms with E-state index in [1.807, 2.05) is 35.2 Å². The third kappa shape index (κ3) is 4.63. The van der Waals surface area contributed by atoms with Crippen LogP contribution in [0.15, 0.2) is 71.3 Å². The molecule has 0 N–H and O–H groups in total. The molecule has 0 aliphatic carbocycles. The highest BCUT2D eigenvalue weighted by Crippen LogP contribution is 2.36. The first-order chi connectivity index (χ1) is 17.0. The molecule has 3 aromatic rings. The van der Waals surface area contributed by atoms with Gasteiger partial charge in [0, 0.05) is 50.9 Å². The van der Waals surface area contributed by atoms with Crippen LogP contribution in [0.1, 0.15) is 27.6 Å². The van der Waals surface area contributed by atoms with Gasteiger partial charge in [-0.1, -0.05) is 30.3 Å². The molecule has 2 fully saturated rings. The normalized spacial score (nSPS) is 20.2. The highest BCUT2D eigenvalue weighted by Gasteiger charge is 2.43. The van der Waals surface area contributed by atoms with E-state index in [0.717, 1.165) is 24.4 Å². The first kappa shape index (κ1) is 23.0. The number of piperazine rings is 1. The average Bonchev–Trinajstić information content (AvgIpc) is 3.59. The number of hydrogen-bond acceptors (Lipinski definition) is 5. The van der Waals surface area contributed by atoms with Crippen molar-refractivity contribution in [2.75, 3.05) is 51.3 Å². The van der Waals surface area contributed by atoms with E-state index in [0.29, 0.717) is 31.9 Å². The summed E-state index contributed by atoms with van der Waals surface area (Å²) < 4.78 is 10.8. The molecule has 2 aromatic carbocycles. The molecule has 2 saturated heterocycles. The van der Waals surface area contributed by atoms with Crippen molar-refractivity contribution in [2.45, 2.75) is 12.8 Å². The van der Waals surface area contributed by atoms with Crippen molar-refractivity contribution in [3.05, 3.63) is 83.8 Å². The highest BCUT2D eigenvalue weighted by atomic mass is 16.5. The lowest BCUT2D eigenvalue weighted by atomic mass is 9.87. The Kier molecular flexibility index (Phi) is 6.49. The number of furan rings is 1. The van der Waals surface area contributed by atoms with E-state index >= 15 is 0 Å². The fraction of sp³-hybridized carbons (Fsp3) is 0.357. The van der Waals surface area contributed by atoms with Crippen LogP contribution < -0.4 is 9.64 Å². The molecular weight excluding hydrogens is 442 g/mol. The van der Waals surface area contributed by atoms with Gasteiger partial charge in [0.2, 0.25) is 5.91 Å². The number of amides is 2. The van der Waals surface area contributed by atoms with Gasteiger partial charge >= 0.3 is 0 Å². The number of anilines is 1. The van der Waals surface area contributed by atoms with Gasteiger partial charge in [-0.25, -0.2) is 0 Å². The SMILES string of the molecule is COc1cccc(C2CN(C(=O)c3ccco3)CC2C(=O)N2CCN(c3ccccc3C)CC2)c1. The van der Waals surface area contributed by atoms with E-state index in [1.165, 1.54) is 17.5 Å². The molecule has 5 rings (SSSR count). The summed E-state index contributed by atoms with van der Waals surface area (Å²) in [6.07, 6.45) is 1.50. The maximum absolute atomic E-state index is 13.8. The van der Waals surface area contributed by atoms with Gasteiger partial charge in [0.1, 0.15) is 5.75 Å². The van der Waals surface area contributed by atoms with Gasteiger partial charge in [-0.15, -0.1) is 0 Å². The summed E-state index contributed by atoms with van der Waals surface area (Å²) in [6, 6.07) is 19.6. The van der Waals surface area contributed by atoms with Crippen molar-refractivity contribution in [2.24, 2.45) is 5.92 Å². The van der Waals surface area contributed by atoms with Crippen molar-refractivity contribution in [1.82, 2.24) is 9.80 Å². The molecule has 0 radical (unpaired) electrons. The monoisotopic (exact) mass is 473 g/mol. The molecule has 2 aliphatic rings. The Labute approximate surface area is 205 Å². The Morgan fingerprint density at radius 1 is 0.914 bits per heavy atom. The Morgan fingerprint density at radius 2 is 1.71 bits per heavy atom. The number of para-hydroxylation sites is 1. The number of carbonyl (C=O) groups is 2. The summed E-state index contributed by atoms with van der Waals surface area (Å²) >= 11 is 0. The summed E-state index contributed by atoms with van der Waals surface area (Å²) in [5.41, 5.74) is 3.48. The molecule has 1 aromatic heterocycles. The van der Waals surface area contributed by atoms with E-state index in [9.17, 15) is 9.59 Å². The molecule has 182 valence electrons. The molecule has 7 nitrogen and oxygen atoms in total. The number of likely N-dealkylation sites (tertiary alicyclic amines) is 1. The van der Waals surface area contributed by atoms with E-state index in [-0.39, 0.29) is 23.7 Å². The van der Waals surface area contributed by atoms with Gasteiger partial charge < -0.3 is 23.9 Å². The maximum atomic E-state index is 13.8. The van der Waals surface area contributed by atoms with Crippen LogP contribution in [0.25, 0.3) is 0 Å². The number of carbonyl (C=O) groups excluding carboxylic acids is 2. The minimum Gasteiger partial charge on any atom is -0.497 e. The summed E-state index contributed by atoms with van der Waals surface area (Å²) in [6.45, 7) is 5.88. The summed E-state index contributed by atoms with van der Waals surface area (Å²) in [5.74, 6) is 0.558. The lowest BCUT2D eigenvalue weighted by Crippen LogP contribution is -2.51. The molecular formula is C28H31N3O4. The van der Waals surface area contributed by atoms with Gasteiger partial charge in [-0.05, 0) is 48.4 Å². The second-order valence-corrected chi connectivity index (χ2v) is 9.28. The minimum absolute atomic E-state index is 0.106. The molecule has 2 unspecified atom stereocenters. The molecule has 0 bridgehead atoms. The third-order valence-electron chi connectivity index (χ3n) is 7.23. The zero-order valence-corrected chi connectivity index (χ0v) is 20.2. The van der Waals surface area contributed by atoms with E-state index < -0.39 is 0 Å². The molecule has 0 saturated carbocycles. The van der Waals surface area contributed by atoms with Crippen molar-refractivity contribution in [3.8, 4) is 5.75 Å². The summed E-state index contributed by atoms with van der Waals surface area (Å²) in [5, 5.41) is 0.